The minimum Gasteiger partial charge on any atom is -0.775 e. The van der Waals surface area contributed by atoms with Crippen LogP contribution in [0.5, 0.6) is 0 Å². The molecule has 0 saturated carbocycles. The van der Waals surface area contributed by atoms with Crippen molar-refractivity contribution in [2.45, 2.75) is 0 Å². The molecule has 0 bridgehead atoms. The first-order valence-corrected chi connectivity index (χ1v) is 15.1. The zero-order chi connectivity index (χ0) is 30.5. The number of benzene rings is 4. The van der Waals surface area contributed by atoms with Gasteiger partial charge in [-0.15, -0.1) is 0 Å². The number of anilines is 4. The second kappa shape index (κ2) is 16.1. The van der Waals surface area contributed by atoms with E-state index in [4.69, 9.17) is 0 Å². The molecule has 4 rings (SSSR count). The van der Waals surface area contributed by atoms with E-state index >= 15 is 0 Å². The summed E-state index contributed by atoms with van der Waals surface area (Å²) in [6, 6.07) is 21.4. The van der Waals surface area contributed by atoms with Crippen molar-refractivity contribution in [3.63, 3.8) is 0 Å². The van der Waals surface area contributed by atoms with Gasteiger partial charge in [0.1, 0.15) is 0 Å². The summed E-state index contributed by atoms with van der Waals surface area (Å²) in [6.07, 6.45) is 0. The van der Waals surface area contributed by atoms with E-state index in [1.54, 1.807) is 0 Å². The monoisotopic (exact) mass is 654 g/mol. The molecule has 0 aromatic heterocycles. The molecule has 6 N–H and O–H groups in total. The van der Waals surface area contributed by atoms with Crippen molar-refractivity contribution in [1.29, 1.82) is 0 Å². The van der Waals surface area contributed by atoms with Gasteiger partial charge in [0.15, 0.2) is 15.2 Å². The molecule has 0 saturated heterocycles. The van der Waals surface area contributed by atoms with Gasteiger partial charge in [0, 0.05) is 44.5 Å². The molecule has 0 fully saturated rings. The van der Waals surface area contributed by atoms with Crippen LogP contribution in [-0.4, -0.2) is 27.6 Å². The fourth-order valence-electron chi connectivity index (χ4n) is 3.63. The maximum atomic E-state index is 12.5. The maximum Gasteiger partial charge on any atom is 1.00 e. The standard InChI is InChI=1S/C27H24N4O9P2.2Na/c32-25(28-21-3-1-5-23(15-21)41(35,36)37)17-7-11-19(12-8-17)30-27(34)31-20-13-9-18(10-14-20)26(33)29-22-4-2-6-24(16-22)42(38,39)40;;/h1-16H,(H,28,32)(H,29,33)(H2,30,31,34)(H2,35,36,37)(H2,38,39,40);;/q;2*+1/p-2. The van der Waals surface area contributed by atoms with Crippen LogP contribution in [-0.2, 0) is 9.13 Å². The average Bonchev–Trinajstić information content (AvgIpc) is 2.93. The summed E-state index contributed by atoms with van der Waals surface area (Å²) in [5.41, 5.74) is 1.50. The summed E-state index contributed by atoms with van der Waals surface area (Å²) >= 11 is 0. The Bertz CT molecular complexity index is 1620. The smallest absolute Gasteiger partial charge is 0.775 e. The van der Waals surface area contributed by atoms with Gasteiger partial charge in [-0.2, -0.15) is 0 Å². The van der Waals surface area contributed by atoms with Crippen LogP contribution in [0.2, 0.25) is 0 Å². The predicted octanol–water partition coefficient (Wildman–Crippen LogP) is -3.81. The van der Waals surface area contributed by atoms with E-state index in [0.717, 1.165) is 12.1 Å². The predicted molar refractivity (Wildman–Crippen MR) is 153 cm³/mol. The molecule has 0 aliphatic carbocycles. The van der Waals surface area contributed by atoms with Crippen molar-refractivity contribution in [1.82, 2.24) is 0 Å². The van der Waals surface area contributed by atoms with Crippen LogP contribution in [0.15, 0.2) is 97.1 Å². The number of hydrogen-bond donors (Lipinski definition) is 6. The van der Waals surface area contributed by atoms with E-state index in [-0.39, 0.29) is 92.2 Å². The summed E-state index contributed by atoms with van der Waals surface area (Å²) < 4.78 is 22.6. The third-order valence-electron chi connectivity index (χ3n) is 5.67. The molecule has 0 spiro atoms. The van der Waals surface area contributed by atoms with Crippen LogP contribution in [0.3, 0.4) is 0 Å². The molecule has 4 aromatic carbocycles. The summed E-state index contributed by atoms with van der Waals surface area (Å²) in [7, 11) is -9.44. The van der Waals surface area contributed by atoms with Gasteiger partial charge in [0.05, 0.1) is 0 Å². The van der Waals surface area contributed by atoms with Crippen molar-refractivity contribution in [3.05, 3.63) is 108 Å². The molecular weight excluding hydrogens is 632 g/mol. The van der Waals surface area contributed by atoms with Gasteiger partial charge in [-0.05, 0) is 72.8 Å². The number of hydrogen-bond acceptors (Lipinski definition) is 7. The largest absolute Gasteiger partial charge is 1.00 e. The summed E-state index contributed by atoms with van der Waals surface area (Å²) in [4.78, 5) is 78.4. The number of nitrogens with one attached hydrogen (secondary N) is 4. The minimum absolute atomic E-state index is 0. The second-order valence-corrected chi connectivity index (χ2v) is 11.9. The summed E-state index contributed by atoms with van der Waals surface area (Å²) in [6.45, 7) is 0. The van der Waals surface area contributed by atoms with E-state index < -0.39 is 33.0 Å². The second-order valence-electron chi connectivity index (χ2n) is 8.78. The Morgan fingerprint density at radius 1 is 0.523 bits per heavy atom. The van der Waals surface area contributed by atoms with Gasteiger partial charge in [-0.25, -0.2) is 4.79 Å². The van der Waals surface area contributed by atoms with Gasteiger partial charge in [0.2, 0.25) is 0 Å². The number of carbonyl (C=O) groups is 3. The quantitative estimate of drug-likeness (QED) is 0.0809. The van der Waals surface area contributed by atoms with Gasteiger partial charge in [-0.1, -0.05) is 24.3 Å². The Hall–Kier alpha value is -2.61. The molecule has 17 heteroatoms. The van der Waals surface area contributed by atoms with Gasteiger partial charge in [-0.3, -0.25) is 9.59 Å². The van der Waals surface area contributed by atoms with Crippen LogP contribution in [0.1, 0.15) is 20.7 Å². The molecule has 2 atom stereocenters. The van der Waals surface area contributed by atoms with Gasteiger partial charge < -0.3 is 50.0 Å². The van der Waals surface area contributed by atoms with Crippen LogP contribution in [0, 0.1) is 0 Å². The molecule has 44 heavy (non-hydrogen) atoms. The first-order chi connectivity index (χ1) is 19.8. The molecule has 0 heterocycles. The first kappa shape index (κ1) is 37.6. The Morgan fingerprint density at radius 3 is 1.18 bits per heavy atom. The molecule has 13 nitrogen and oxygen atoms in total. The van der Waals surface area contributed by atoms with Crippen LogP contribution < -0.4 is 101 Å². The molecule has 0 radical (unpaired) electrons. The Kier molecular flexibility index (Phi) is 13.7. The van der Waals surface area contributed by atoms with Crippen LogP contribution in [0.25, 0.3) is 0 Å². The molecular formula is C27H22N4Na2O9P2. The van der Waals surface area contributed by atoms with Crippen LogP contribution in [0.4, 0.5) is 27.5 Å². The van der Waals surface area contributed by atoms with Crippen molar-refractivity contribution in [2.24, 2.45) is 0 Å². The fraction of sp³-hybridized carbons (Fsp3) is 0. The van der Waals surface area contributed by atoms with Crippen molar-refractivity contribution >= 4 is 66.4 Å². The summed E-state index contributed by atoms with van der Waals surface area (Å²) in [5.74, 6) is -1.09. The molecule has 0 aliphatic heterocycles. The average molecular weight is 654 g/mol. The van der Waals surface area contributed by atoms with Gasteiger partial charge >= 0.3 is 65.1 Å². The molecule has 2 unspecified atom stereocenters. The maximum absolute atomic E-state index is 12.5. The van der Waals surface area contributed by atoms with E-state index in [0.29, 0.717) is 11.4 Å². The molecule has 0 aliphatic rings. The molecule has 4 amide bonds. The summed E-state index contributed by atoms with van der Waals surface area (Å²) in [5, 5.41) is 9.56. The number of carbonyl (C=O) groups excluding carboxylic acids is 3. The minimum atomic E-state index is -4.72. The van der Waals surface area contributed by atoms with E-state index in [2.05, 4.69) is 21.3 Å². The SMILES string of the molecule is O=C(Nc1ccc(C(=O)Nc2cccc(P(=O)([O-])O)c2)cc1)Nc1ccc(C(=O)Nc2cccc(P(=O)([O-])O)c2)cc1.[Na+].[Na+]. The third-order valence-corrected chi connectivity index (χ3v) is 7.53. The molecule has 4 aromatic rings. The normalized spacial score (nSPS) is 13.0. The first-order valence-electron chi connectivity index (χ1n) is 12.0. The van der Waals surface area contributed by atoms with E-state index in [1.165, 1.54) is 84.9 Å². The topological polar surface area (TPSA) is 220 Å². The zero-order valence-electron chi connectivity index (χ0n) is 23.4. The Morgan fingerprint density at radius 2 is 0.864 bits per heavy atom. The Balaban J connectivity index is 0.00000337. The van der Waals surface area contributed by atoms with Gasteiger partial charge in [0.25, 0.3) is 11.8 Å². The fourth-order valence-corrected chi connectivity index (χ4v) is 4.78. The van der Waals surface area contributed by atoms with Crippen molar-refractivity contribution < 1.29 is 102 Å². The van der Waals surface area contributed by atoms with Crippen molar-refractivity contribution in [2.75, 3.05) is 21.3 Å². The van der Waals surface area contributed by atoms with Crippen molar-refractivity contribution in [3.8, 4) is 0 Å². The van der Waals surface area contributed by atoms with E-state index in [9.17, 15) is 43.1 Å². The van der Waals surface area contributed by atoms with E-state index in [1.807, 2.05) is 0 Å². The molecule has 216 valence electrons. The number of urea groups is 1. The zero-order valence-corrected chi connectivity index (χ0v) is 29.2. The number of rotatable bonds is 8. The Labute approximate surface area is 295 Å². The number of amides is 4. The van der Waals surface area contributed by atoms with Crippen LogP contribution >= 0.6 is 15.2 Å². The third kappa shape index (κ3) is 10.8.